The minimum Gasteiger partial charge on any atom is -0.469 e. The van der Waals surface area contributed by atoms with Crippen LogP contribution in [0.2, 0.25) is 0 Å². The molecule has 1 N–H and O–H groups in total. The zero-order valence-corrected chi connectivity index (χ0v) is 7.09. The molecule has 1 aliphatic rings. The monoisotopic (exact) mass is 157 g/mol. The van der Waals surface area contributed by atoms with Crippen LogP contribution in [-0.4, -0.2) is 25.7 Å². The van der Waals surface area contributed by atoms with E-state index in [1.165, 1.54) is 7.11 Å². The molecular weight excluding hydrogens is 142 g/mol. The molecule has 1 saturated heterocycles. The lowest BCUT2D eigenvalue weighted by atomic mass is 9.96. The fraction of sp³-hybridized carbons (Fsp3) is 0.875. The van der Waals surface area contributed by atoms with Gasteiger partial charge in [0.05, 0.1) is 13.0 Å². The predicted molar refractivity (Wildman–Crippen MR) is 42.2 cm³/mol. The molecule has 3 nitrogen and oxygen atoms in total. The van der Waals surface area contributed by atoms with Gasteiger partial charge < -0.3 is 10.1 Å². The molecule has 0 spiro atoms. The van der Waals surface area contributed by atoms with E-state index in [0.29, 0.717) is 6.04 Å². The Hall–Kier alpha value is -0.570. The number of nitrogens with one attached hydrogen (secondary N) is 1. The van der Waals surface area contributed by atoms with Crippen LogP contribution in [0.25, 0.3) is 0 Å². The highest BCUT2D eigenvalue weighted by Crippen LogP contribution is 2.14. The number of hydrogen-bond acceptors (Lipinski definition) is 3. The van der Waals surface area contributed by atoms with Gasteiger partial charge in [-0.3, -0.25) is 4.79 Å². The smallest absolute Gasteiger partial charge is 0.309 e. The van der Waals surface area contributed by atoms with Gasteiger partial charge in [-0.2, -0.15) is 0 Å². The Kier molecular flexibility index (Phi) is 2.88. The van der Waals surface area contributed by atoms with Crippen molar-refractivity contribution in [1.29, 1.82) is 0 Å². The fourth-order valence-electron chi connectivity index (χ4n) is 1.37. The van der Waals surface area contributed by atoms with Crippen LogP contribution in [0.4, 0.5) is 0 Å². The zero-order valence-electron chi connectivity index (χ0n) is 7.09. The van der Waals surface area contributed by atoms with Gasteiger partial charge in [-0.15, -0.1) is 0 Å². The largest absolute Gasteiger partial charge is 0.469 e. The van der Waals surface area contributed by atoms with Crippen molar-refractivity contribution in [1.82, 2.24) is 5.32 Å². The molecule has 0 bridgehead atoms. The van der Waals surface area contributed by atoms with E-state index >= 15 is 0 Å². The van der Waals surface area contributed by atoms with E-state index in [9.17, 15) is 4.79 Å². The minimum absolute atomic E-state index is 0.0793. The van der Waals surface area contributed by atoms with Gasteiger partial charge in [0.2, 0.25) is 0 Å². The maximum absolute atomic E-state index is 11.0. The van der Waals surface area contributed by atoms with Crippen molar-refractivity contribution in [2.24, 2.45) is 5.92 Å². The predicted octanol–water partition coefficient (Wildman–Crippen LogP) is 0.547. The number of carbonyl (C=O) groups is 1. The van der Waals surface area contributed by atoms with Crippen LogP contribution in [0.15, 0.2) is 0 Å². The topological polar surface area (TPSA) is 38.3 Å². The molecule has 0 unspecified atom stereocenters. The molecule has 0 aromatic heterocycles. The summed E-state index contributed by atoms with van der Waals surface area (Å²) in [5, 5.41) is 3.25. The molecule has 1 fully saturated rings. The average Bonchev–Trinajstić information content (AvgIpc) is 2.05. The van der Waals surface area contributed by atoms with Crippen LogP contribution in [-0.2, 0) is 9.53 Å². The first-order valence-corrected chi connectivity index (χ1v) is 4.05. The second kappa shape index (κ2) is 3.72. The molecule has 0 amide bonds. The van der Waals surface area contributed by atoms with Gasteiger partial charge >= 0.3 is 5.97 Å². The molecule has 1 heterocycles. The number of ether oxygens (including phenoxy) is 1. The maximum atomic E-state index is 11.0. The lowest BCUT2D eigenvalue weighted by molar-refractivity contribution is -0.146. The lowest BCUT2D eigenvalue weighted by Gasteiger charge is -2.25. The molecule has 11 heavy (non-hydrogen) atoms. The van der Waals surface area contributed by atoms with Crippen molar-refractivity contribution in [3.63, 3.8) is 0 Å². The Morgan fingerprint density at radius 2 is 2.27 bits per heavy atom. The van der Waals surface area contributed by atoms with Crippen molar-refractivity contribution in [2.75, 3.05) is 13.7 Å². The maximum Gasteiger partial charge on any atom is 0.309 e. The molecule has 0 aromatic carbocycles. The number of piperidine rings is 1. The van der Waals surface area contributed by atoms with Crippen molar-refractivity contribution < 1.29 is 9.53 Å². The van der Waals surface area contributed by atoms with E-state index in [-0.39, 0.29) is 11.9 Å². The van der Waals surface area contributed by atoms with Crippen LogP contribution in [0.3, 0.4) is 0 Å². The third kappa shape index (κ3) is 2.19. The van der Waals surface area contributed by atoms with Gasteiger partial charge in [-0.25, -0.2) is 0 Å². The van der Waals surface area contributed by atoms with Crippen LogP contribution >= 0.6 is 0 Å². The van der Waals surface area contributed by atoms with Crippen LogP contribution in [0, 0.1) is 5.92 Å². The van der Waals surface area contributed by atoms with Crippen molar-refractivity contribution >= 4 is 5.97 Å². The van der Waals surface area contributed by atoms with Gasteiger partial charge in [0.25, 0.3) is 0 Å². The Labute approximate surface area is 67.1 Å². The first-order chi connectivity index (χ1) is 5.24. The van der Waals surface area contributed by atoms with E-state index < -0.39 is 0 Å². The summed E-state index contributed by atoms with van der Waals surface area (Å²) >= 11 is 0. The summed E-state index contributed by atoms with van der Waals surface area (Å²) < 4.78 is 4.65. The summed E-state index contributed by atoms with van der Waals surface area (Å²) in [5.41, 5.74) is 0. The first-order valence-electron chi connectivity index (χ1n) is 4.05. The Balaban J connectivity index is 2.33. The van der Waals surface area contributed by atoms with Gasteiger partial charge in [-0.05, 0) is 19.8 Å². The molecule has 3 heteroatoms. The number of esters is 1. The molecule has 1 aliphatic heterocycles. The summed E-state index contributed by atoms with van der Waals surface area (Å²) in [6.45, 7) is 2.90. The third-order valence-electron chi connectivity index (χ3n) is 2.20. The van der Waals surface area contributed by atoms with E-state index in [1.54, 1.807) is 0 Å². The van der Waals surface area contributed by atoms with Crippen LogP contribution < -0.4 is 5.32 Å². The normalized spacial score (nSPS) is 31.5. The Morgan fingerprint density at radius 1 is 1.55 bits per heavy atom. The number of carbonyl (C=O) groups excluding carboxylic acids is 1. The summed E-state index contributed by atoms with van der Waals surface area (Å²) in [4.78, 5) is 11.0. The highest BCUT2D eigenvalue weighted by molar-refractivity contribution is 5.72. The molecule has 1 rings (SSSR count). The molecule has 0 radical (unpaired) electrons. The van der Waals surface area contributed by atoms with E-state index in [2.05, 4.69) is 17.0 Å². The molecule has 0 aliphatic carbocycles. The SMILES string of the molecule is COC(=O)[C@H]1CC[C@H](C)NC1. The van der Waals surface area contributed by atoms with Gasteiger partial charge in [-0.1, -0.05) is 0 Å². The van der Waals surface area contributed by atoms with Crippen molar-refractivity contribution in [3.8, 4) is 0 Å². The van der Waals surface area contributed by atoms with Crippen molar-refractivity contribution in [3.05, 3.63) is 0 Å². The van der Waals surface area contributed by atoms with E-state index in [1.807, 2.05) is 0 Å². The van der Waals surface area contributed by atoms with Crippen LogP contribution in [0.1, 0.15) is 19.8 Å². The zero-order chi connectivity index (χ0) is 8.27. The minimum atomic E-state index is -0.0793. The second-order valence-electron chi connectivity index (χ2n) is 3.11. The summed E-state index contributed by atoms with van der Waals surface area (Å²) in [5.74, 6) is 0.000556. The molecule has 2 atom stereocenters. The third-order valence-corrected chi connectivity index (χ3v) is 2.20. The Morgan fingerprint density at radius 3 is 2.73 bits per heavy atom. The fourth-order valence-corrected chi connectivity index (χ4v) is 1.37. The average molecular weight is 157 g/mol. The number of hydrogen-bond donors (Lipinski definition) is 1. The molecule has 0 saturated carbocycles. The highest BCUT2D eigenvalue weighted by Gasteiger charge is 2.23. The summed E-state index contributed by atoms with van der Waals surface area (Å²) in [7, 11) is 1.44. The molecule has 64 valence electrons. The number of methoxy groups -OCH3 is 1. The second-order valence-corrected chi connectivity index (χ2v) is 3.11. The summed E-state index contributed by atoms with van der Waals surface area (Å²) in [6, 6.07) is 0.552. The van der Waals surface area contributed by atoms with Crippen LogP contribution in [0.5, 0.6) is 0 Å². The van der Waals surface area contributed by atoms with E-state index in [4.69, 9.17) is 0 Å². The summed E-state index contributed by atoms with van der Waals surface area (Å²) in [6.07, 6.45) is 2.03. The Bertz CT molecular complexity index is 139. The lowest BCUT2D eigenvalue weighted by Crippen LogP contribution is -2.40. The first kappa shape index (κ1) is 8.53. The standard InChI is InChI=1S/C8H15NO2/c1-6-3-4-7(5-9-6)8(10)11-2/h6-7,9H,3-5H2,1-2H3/t6-,7-/m0/s1. The van der Waals surface area contributed by atoms with Gasteiger partial charge in [0, 0.05) is 12.6 Å². The quantitative estimate of drug-likeness (QED) is 0.565. The van der Waals surface area contributed by atoms with E-state index in [0.717, 1.165) is 19.4 Å². The highest BCUT2D eigenvalue weighted by atomic mass is 16.5. The van der Waals surface area contributed by atoms with Gasteiger partial charge in [0.15, 0.2) is 0 Å². The van der Waals surface area contributed by atoms with Gasteiger partial charge in [0.1, 0.15) is 0 Å². The number of rotatable bonds is 1. The van der Waals surface area contributed by atoms with Crippen molar-refractivity contribution in [2.45, 2.75) is 25.8 Å². The molecule has 0 aromatic rings. The molecular formula is C8H15NO2.